The highest BCUT2D eigenvalue weighted by molar-refractivity contribution is 5.80. The summed E-state index contributed by atoms with van der Waals surface area (Å²) in [4.78, 5) is 25.3. The van der Waals surface area contributed by atoms with Gasteiger partial charge in [0.1, 0.15) is 0 Å². The van der Waals surface area contributed by atoms with Crippen LogP contribution >= 0.6 is 0 Å². The standard InChI is InChI=1S/C17H22N2O3/c20-17(12-14-8-3-4-9-16(14)19(21)22)18-11-5-10-15(18)13-6-1-2-7-13/h3-4,8-9,13,15H,1-2,5-7,10-12H2/t15-/m0/s1. The van der Waals surface area contributed by atoms with Gasteiger partial charge in [-0.05, 0) is 31.6 Å². The van der Waals surface area contributed by atoms with Gasteiger partial charge in [0.15, 0.2) is 0 Å². The Labute approximate surface area is 130 Å². The second-order valence-corrected chi connectivity index (χ2v) is 6.40. The van der Waals surface area contributed by atoms with Gasteiger partial charge in [-0.3, -0.25) is 14.9 Å². The van der Waals surface area contributed by atoms with Crippen LogP contribution in [0, 0.1) is 16.0 Å². The number of likely N-dealkylation sites (tertiary alicyclic amines) is 1. The first-order valence-electron chi connectivity index (χ1n) is 8.18. The van der Waals surface area contributed by atoms with E-state index in [0.717, 1.165) is 19.4 Å². The number of hydrogen-bond acceptors (Lipinski definition) is 3. The zero-order valence-electron chi connectivity index (χ0n) is 12.7. The number of para-hydroxylation sites is 1. The molecule has 0 bridgehead atoms. The van der Waals surface area contributed by atoms with Gasteiger partial charge in [0.05, 0.1) is 11.3 Å². The Hall–Kier alpha value is -1.91. The van der Waals surface area contributed by atoms with Crippen LogP contribution in [-0.2, 0) is 11.2 Å². The maximum Gasteiger partial charge on any atom is 0.273 e. The van der Waals surface area contributed by atoms with E-state index in [1.54, 1.807) is 18.2 Å². The van der Waals surface area contributed by atoms with E-state index in [2.05, 4.69) is 0 Å². The predicted octanol–water partition coefficient (Wildman–Crippen LogP) is 3.32. The third-order valence-electron chi connectivity index (χ3n) is 5.09. The molecule has 1 aromatic carbocycles. The summed E-state index contributed by atoms with van der Waals surface area (Å²) < 4.78 is 0. The molecule has 1 aliphatic carbocycles. The Balaban J connectivity index is 1.72. The van der Waals surface area contributed by atoms with Crippen LogP contribution in [0.25, 0.3) is 0 Å². The van der Waals surface area contributed by atoms with E-state index in [0.29, 0.717) is 17.5 Å². The molecule has 1 aromatic rings. The number of rotatable bonds is 4. The Morgan fingerprint density at radius 2 is 1.91 bits per heavy atom. The van der Waals surface area contributed by atoms with E-state index in [9.17, 15) is 14.9 Å². The van der Waals surface area contributed by atoms with Crippen molar-refractivity contribution < 1.29 is 9.72 Å². The number of amides is 1. The zero-order valence-corrected chi connectivity index (χ0v) is 12.7. The second kappa shape index (κ2) is 6.46. The molecule has 1 aliphatic heterocycles. The number of nitro benzene ring substituents is 1. The molecule has 1 atom stereocenters. The minimum absolute atomic E-state index is 0.0451. The van der Waals surface area contributed by atoms with Gasteiger partial charge in [-0.1, -0.05) is 31.0 Å². The molecule has 22 heavy (non-hydrogen) atoms. The first-order chi connectivity index (χ1) is 10.7. The van der Waals surface area contributed by atoms with Crippen molar-refractivity contribution in [3.63, 3.8) is 0 Å². The molecule has 0 aromatic heterocycles. The second-order valence-electron chi connectivity index (χ2n) is 6.40. The van der Waals surface area contributed by atoms with Gasteiger partial charge in [-0.25, -0.2) is 0 Å². The summed E-state index contributed by atoms with van der Waals surface area (Å²) in [5, 5.41) is 11.1. The Kier molecular flexibility index (Phi) is 4.41. The zero-order chi connectivity index (χ0) is 15.5. The fourth-order valence-electron chi connectivity index (χ4n) is 4.04. The van der Waals surface area contributed by atoms with Gasteiger partial charge in [0.25, 0.3) is 5.69 Å². The highest BCUT2D eigenvalue weighted by Gasteiger charge is 2.36. The molecule has 5 nitrogen and oxygen atoms in total. The van der Waals surface area contributed by atoms with Gasteiger partial charge < -0.3 is 4.90 Å². The molecule has 2 fully saturated rings. The molecule has 0 spiro atoms. The van der Waals surface area contributed by atoms with Crippen molar-refractivity contribution in [3.05, 3.63) is 39.9 Å². The van der Waals surface area contributed by atoms with E-state index < -0.39 is 4.92 Å². The topological polar surface area (TPSA) is 63.4 Å². The maximum atomic E-state index is 12.7. The van der Waals surface area contributed by atoms with Crippen LogP contribution in [0.4, 0.5) is 5.69 Å². The van der Waals surface area contributed by atoms with Crippen LogP contribution in [0.2, 0.25) is 0 Å². The van der Waals surface area contributed by atoms with Crippen molar-refractivity contribution in [3.8, 4) is 0 Å². The Morgan fingerprint density at radius 3 is 2.64 bits per heavy atom. The molecule has 1 amide bonds. The molecule has 0 N–H and O–H groups in total. The molecule has 5 heteroatoms. The largest absolute Gasteiger partial charge is 0.339 e. The fourth-order valence-corrected chi connectivity index (χ4v) is 4.04. The average Bonchev–Trinajstić information content (AvgIpc) is 3.18. The fraction of sp³-hybridized carbons (Fsp3) is 0.588. The minimum Gasteiger partial charge on any atom is -0.339 e. The van der Waals surface area contributed by atoms with Crippen molar-refractivity contribution in [1.82, 2.24) is 4.90 Å². The number of nitro groups is 1. The van der Waals surface area contributed by atoms with Crippen molar-refractivity contribution in [2.75, 3.05) is 6.54 Å². The smallest absolute Gasteiger partial charge is 0.273 e. The average molecular weight is 302 g/mol. The summed E-state index contributed by atoms with van der Waals surface area (Å²) >= 11 is 0. The van der Waals surface area contributed by atoms with Gasteiger partial charge in [-0.15, -0.1) is 0 Å². The highest BCUT2D eigenvalue weighted by Crippen LogP contribution is 2.35. The normalized spacial score (nSPS) is 22.2. The molecule has 0 radical (unpaired) electrons. The van der Waals surface area contributed by atoms with Gasteiger partial charge in [-0.2, -0.15) is 0 Å². The summed E-state index contributed by atoms with van der Waals surface area (Å²) in [6, 6.07) is 6.92. The first-order valence-corrected chi connectivity index (χ1v) is 8.18. The number of hydrogen-bond donors (Lipinski definition) is 0. The lowest BCUT2D eigenvalue weighted by Gasteiger charge is -2.29. The van der Waals surface area contributed by atoms with E-state index in [-0.39, 0.29) is 18.0 Å². The molecule has 3 rings (SSSR count). The van der Waals surface area contributed by atoms with Crippen LogP contribution in [0.15, 0.2) is 24.3 Å². The van der Waals surface area contributed by atoms with Crippen LogP contribution in [0.3, 0.4) is 0 Å². The molecule has 0 unspecified atom stereocenters. The summed E-state index contributed by atoms with van der Waals surface area (Å²) in [6.07, 6.45) is 7.28. The lowest BCUT2D eigenvalue weighted by Crippen LogP contribution is -2.40. The molecule has 1 saturated carbocycles. The third-order valence-corrected chi connectivity index (χ3v) is 5.09. The van der Waals surface area contributed by atoms with Crippen LogP contribution in [0.1, 0.15) is 44.1 Å². The van der Waals surface area contributed by atoms with Gasteiger partial charge in [0.2, 0.25) is 5.91 Å². The number of carbonyl (C=O) groups excluding carboxylic acids is 1. The summed E-state index contributed by atoms with van der Waals surface area (Å²) in [6.45, 7) is 0.806. The Morgan fingerprint density at radius 1 is 1.18 bits per heavy atom. The quantitative estimate of drug-likeness (QED) is 0.633. The monoisotopic (exact) mass is 302 g/mol. The van der Waals surface area contributed by atoms with E-state index >= 15 is 0 Å². The van der Waals surface area contributed by atoms with Crippen molar-refractivity contribution in [2.24, 2.45) is 5.92 Å². The maximum absolute atomic E-state index is 12.7. The van der Waals surface area contributed by atoms with E-state index in [1.807, 2.05) is 4.90 Å². The van der Waals surface area contributed by atoms with Crippen LogP contribution in [-0.4, -0.2) is 28.3 Å². The van der Waals surface area contributed by atoms with Gasteiger partial charge in [0, 0.05) is 24.2 Å². The van der Waals surface area contributed by atoms with E-state index in [4.69, 9.17) is 0 Å². The van der Waals surface area contributed by atoms with Gasteiger partial charge >= 0.3 is 0 Å². The van der Waals surface area contributed by atoms with E-state index in [1.165, 1.54) is 31.7 Å². The molecular weight excluding hydrogens is 280 g/mol. The number of nitrogens with zero attached hydrogens (tertiary/aromatic N) is 2. The number of benzene rings is 1. The molecular formula is C17H22N2O3. The lowest BCUT2D eigenvalue weighted by molar-refractivity contribution is -0.385. The summed E-state index contributed by atoms with van der Waals surface area (Å²) in [5.74, 6) is 0.681. The third kappa shape index (κ3) is 2.98. The SMILES string of the molecule is O=C(Cc1ccccc1[N+](=O)[O-])N1CCC[C@H]1C1CCCC1. The van der Waals surface area contributed by atoms with Crippen molar-refractivity contribution in [2.45, 2.75) is 51.0 Å². The minimum atomic E-state index is -0.402. The van der Waals surface area contributed by atoms with Crippen LogP contribution < -0.4 is 0 Å². The molecule has 2 aliphatic rings. The van der Waals surface area contributed by atoms with Crippen molar-refractivity contribution >= 4 is 11.6 Å². The molecule has 1 saturated heterocycles. The van der Waals surface area contributed by atoms with Crippen molar-refractivity contribution in [1.29, 1.82) is 0 Å². The number of carbonyl (C=O) groups is 1. The predicted molar refractivity (Wildman–Crippen MR) is 83.5 cm³/mol. The summed E-state index contributed by atoms with van der Waals surface area (Å²) in [7, 11) is 0. The molecule has 1 heterocycles. The first kappa shape index (κ1) is 15.0. The Bertz CT molecular complexity index is 567. The summed E-state index contributed by atoms with van der Waals surface area (Å²) in [5.41, 5.74) is 0.571. The van der Waals surface area contributed by atoms with Crippen LogP contribution in [0.5, 0.6) is 0 Å². The molecule has 118 valence electrons. The highest BCUT2D eigenvalue weighted by atomic mass is 16.6. The lowest BCUT2D eigenvalue weighted by atomic mass is 9.95.